The van der Waals surface area contributed by atoms with Crippen molar-refractivity contribution in [3.63, 3.8) is 0 Å². The zero-order chi connectivity index (χ0) is 32.1. The number of aliphatic hydroxyl groups excluding tert-OH is 2. The van der Waals surface area contributed by atoms with Crippen molar-refractivity contribution < 1.29 is 29.2 Å². The van der Waals surface area contributed by atoms with Gasteiger partial charge in [0.1, 0.15) is 35.5 Å². The van der Waals surface area contributed by atoms with Gasteiger partial charge in [-0.3, -0.25) is 9.36 Å². The molecule has 5 aromatic rings. The number of amides is 1. The van der Waals surface area contributed by atoms with Crippen molar-refractivity contribution in [3.8, 4) is 5.75 Å². The molecule has 2 heterocycles. The smallest absolute Gasteiger partial charge is 0.351 e. The first-order valence-electron chi connectivity index (χ1n) is 14.8. The highest BCUT2D eigenvalue weighted by Gasteiger charge is 2.46. The molecule has 234 valence electrons. The number of methoxy groups -OCH3 is 1. The highest BCUT2D eigenvalue weighted by molar-refractivity contribution is 6.03. The number of aliphatic hydroxyl groups is 2. The van der Waals surface area contributed by atoms with Crippen molar-refractivity contribution in [2.75, 3.05) is 19.0 Å². The average Bonchev–Trinajstić information content (AvgIpc) is 3.39. The van der Waals surface area contributed by atoms with Crippen LogP contribution < -0.4 is 15.7 Å². The number of hydrogen-bond acceptors (Lipinski definition) is 8. The Morgan fingerprint density at radius 1 is 0.826 bits per heavy atom. The fourth-order valence-corrected chi connectivity index (χ4v) is 5.68. The molecule has 4 aromatic carbocycles. The van der Waals surface area contributed by atoms with Crippen molar-refractivity contribution in [2.24, 2.45) is 0 Å². The summed E-state index contributed by atoms with van der Waals surface area (Å²) in [4.78, 5) is 29.5. The Balaban J connectivity index is 1.27. The highest BCUT2D eigenvalue weighted by Crippen LogP contribution is 2.42. The fraction of sp³-hybridized carbons (Fsp3) is 0.194. The van der Waals surface area contributed by atoms with Crippen LogP contribution in [-0.2, 0) is 15.1 Å². The minimum atomic E-state index is -1.46. The molecule has 0 bridgehead atoms. The molecule has 0 unspecified atom stereocenters. The molecule has 6 rings (SSSR count). The Bertz CT molecular complexity index is 1780. The number of hydrogen-bond donors (Lipinski definition) is 3. The Hall–Kier alpha value is -5.13. The molecule has 0 spiro atoms. The van der Waals surface area contributed by atoms with Gasteiger partial charge in [-0.25, -0.2) is 4.79 Å². The summed E-state index contributed by atoms with van der Waals surface area (Å²) in [5.41, 5.74) is 0.992. The van der Waals surface area contributed by atoms with Gasteiger partial charge >= 0.3 is 5.69 Å². The first-order valence-corrected chi connectivity index (χ1v) is 14.8. The number of benzene rings is 4. The second-order valence-electron chi connectivity index (χ2n) is 10.8. The zero-order valence-corrected chi connectivity index (χ0v) is 25.0. The summed E-state index contributed by atoms with van der Waals surface area (Å²) < 4.78 is 19.3. The average molecular weight is 620 g/mol. The van der Waals surface area contributed by atoms with E-state index < -0.39 is 41.7 Å². The highest BCUT2D eigenvalue weighted by atomic mass is 16.6. The van der Waals surface area contributed by atoms with E-state index in [1.807, 2.05) is 84.9 Å². The van der Waals surface area contributed by atoms with E-state index in [9.17, 15) is 19.8 Å². The maximum absolute atomic E-state index is 13.0. The summed E-state index contributed by atoms with van der Waals surface area (Å²) in [6.07, 6.45) is -3.73. The van der Waals surface area contributed by atoms with Crippen LogP contribution >= 0.6 is 0 Å². The van der Waals surface area contributed by atoms with Crippen LogP contribution in [0, 0.1) is 0 Å². The van der Waals surface area contributed by atoms with Crippen LogP contribution in [0.3, 0.4) is 0 Å². The van der Waals surface area contributed by atoms with Crippen LogP contribution in [0.1, 0.15) is 33.3 Å². The quantitative estimate of drug-likeness (QED) is 0.199. The predicted molar refractivity (Wildman–Crippen MR) is 171 cm³/mol. The largest absolute Gasteiger partial charge is 0.497 e. The van der Waals surface area contributed by atoms with E-state index >= 15 is 0 Å². The van der Waals surface area contributed by atoms with Crippen molar-refractivity contribution in [1.82, 2.24) is 9.55 Å². The molecule has 10 heteroatoms. The van der Waals surface area contributed by atoms with E-state index in [-0.39, 0.29) is 12.4 Å². The van der Waals surface area contributed by atoms with Crippen molar-refractivity contribution >= 4 is 11.7 Å². The first-order chi connectivity index (χ1) is 22.4. The molecule has 0 saturated carbocycles. The topological polar surface area (TPSA) is 132 Å². The lowest BCUT2D eigenvalue weighted by Crippen LogP contribution is -2.39. The van der Waals surface area contributed by atoms with Crippen molar-refractivity contribution in [2.45, 2.75) is 30.1 Å². The van der Waals surface area contributed by atoms with E-state index in [1.165, 1.54) is 12.3 Å². The molecule has 46 heavy (non-hydrogen) atoms. The molecular weight excluding hydrogens is 586 g/mol. The summed E-state index contributed by atoms with van der Waals surface area (Å²) in [6, 6.07) is 36.9. The lowest BCUT2D eigenvalue weighted by atomic mass is 9.80. The summed E-state index contributed by atoms with van der Waals surface area (Å²) >= 11 is 0. The van der Waals surface area contributed by atoms with Gasteiger partial charge in [0.2, 0.25) is 0 Å². The number of nitrogens with zero attached hydrogens (tertiary/aromatic N) is 2. The third-order valence-corrected chi connectivity index (χ3v) is 8.04. The normalized spacial score (nSPS) is 19.5. The number of nitrogens with one attached hydrogen (secondary N) is 1. The second kappa shape index (κ2) is 13.5. The lowest BCUT2D eigenvalue weighted by Gasteiger charge is -2.37. The standard InChI is InChI=1S/C36H33N3O7/c1-44-28-19-17-27(18-20-28)36(25-13-7-3-8-14-25,26-15-9-4-10-16-26)45-23-29-31(40)32(41)34(46-29)39-22-21-30(38-35(39)43)37-33(42)24-11-5-2-6-12-24/h2-22,29,31-32,34,40-41H,23H2,1H3,(H,37,38,42,43)/t29-,31-,32+,34-/m1/s1. The van der Waals surface area contributed by atoms with E-state index in [1.54, 1.807) is 37.4 Å². The van der Waals surface area contributed by atoms with Crippen LogP contribution in [0.4, 0.5) is 5.82 Å². The Labute approximate surface area is 265 Å². The zero-order valence-electron chi connectivity index (χ0n) is 25.0. The monoisotopic (exact) mass is 619 g/mol. The van der Waals surface area contributed by atoms with Gasteiger partial charge in [0.25, 0.3) is 5.91 Å². The fourth-order valence-electron chi connectivity index (χ4n) is 5.68. The van der Waals surface area contributed by atoms with Crippen molar-refractivity contribution in [3.05, 3.63) is 160 Å². The van der Waals surface area contributed by atoms with E-state index in [4.69, 9.17) is 14.2 Å². The van der Waals surface area contributed by atoms with Crippen LogP contribution in [-0.4, -0.2) is 57.7 Å². The minimum absolute atomic E-state index is 0.0398. The molecule has 1 aromatic heterocycles. The molecule has 1 fully saturated rings. The van der Waals surface area contributed by atoms with Gasteiger partial charge in [-0.15, -0.1) is 0 Å². The second-order valence-corrected chi connectivity index (χ2v) is 10.8. The molecule has 1 saturated heterocycles. The van der Waals surface area contributed by atoms with E-state index in [0.29, 0.717) is 11.3 Å². The lowest BCUT2D eigenvalue weighted by molar-refractivity contribution is -0.0958. The Morgan fingerprint density at radius 2 is 1.39 bits per heavy atom. The number of ether oxygens (including phenoxy) is 3. The van der Waals surface area contributed by atoms with Crippen LogP contribution in [0.2, 0.25) is 0 Å². The molecule has 0 aliphatic carbocycles. The SMILES string of the molecule is COc1ccc(C(OC[C@H]2O[C@@H](n3ccc(NC(=O)c4ccccc4)nc3=O)[C@@H](O)[C@@H]2O)(c2ccccc2)c2ccccc2)cc1. The number of carbonyl (C=O) groups is 1. The van der Waals surface area contributed by atoms with Gasteiger partial charge in [0, 0.05) is 11.8 Å². The number of aromatic nitrogens is 2. The van der Waals surface area contributed by atoms with Crippen LogP contribution in [0.5, 0.6) is 5.75 Å². The maximum atomic E-state index is 13.0. The number of rotatable bonds is 10. The molecule has 1 aliphatic heterocycles. The third-order valence-electron chi connectivity index (χ3n) is 8.04. The van der Waals surface area contributed by atoms with Gasteiger partial charge < -0.3 is 29.7 Å². The molecular formula is C36H33N3O7. The summed E-state index contributed by atoms with van der Waals surface area (Å²) in [7, 11) is 1.60. The molecule has 10 nitrogen and oxygen atoms in total. The number of anilines is 1. The van der Waals surface area contributed by atoms with E-state index in [2.05, 4.69) is 10.3 Å². The molecule has 3 N–H and O–H groups in total. The van der Waals surface area contributed by atoms with Gasteiger partial charge in [0.15, 0.2) is 6.23 Å². The molecule has 0 radical (unpaired) electrons. The molecule has 4 atom stereocenters. The Morgan fingerprint density at radius 3 is 1.96 bits per heavy atom. The van der Waals surface area contributed by atoms with Gasteiger partial charge in [-0.2, -0.15) is 4.98 Å². The first kappa shape index (κ1) is 30.9. The summed E-state index contributed by atoms with van der Waals surface area (Å²) in [6.45, 7) is -0.141. The van der Waals surface area contributed by atoms with Crippen LogP contribution in [0.25, 0.3) is 0 Å². The third kappa shape index (κ3) is 6.07. The maximum Gasteiger partial charge on any atom is 0.351 e. The predicted octanol–water partition coefficient (Wildman–Crippen LogP) is 4.13. The number of carbonyl (C=O) groups excluding carboxylic acids is 1. The molecule has 1 aliphatic rings. The minimum Gasteiger partial charge on any atom is -0.497 e. The van der Waals surface area contributed by atoms with Crippen molar-refractivity contribution in [1.29, 1.82) is 0 Å². The van der Waals surface area contributed by atoms with Gasteiger partial charge in [-0.05, 0) is 47.0 Å². The van der Waals surface area contributed by atoms with Crippen LogP contribution in [0.15, 0.2) is 132 Å². The van der Waals surface area contributed by atoms with Gasteiger partial charge in [0.05, 0.1) is 13.7 Å². The van der Waals surface area contributed by atoms with E-state index in [0.717, 1.165) is 21.3 Å². The summed E-state index contributed by atoms with van der Waals surface area (Å²) in [5.74, 6) is 0.300. The summed E-state index contributed by atoms with van der Waals surface area (Å²) in [5, 5.41) is 24.7. The molecule has 1 amide bonds. The van der Waals surface area contributed by atoms with Gasteiger partial charge in [-0.1, -0.05) is 91.0 Å². The Kier molecular flexibility index (Phi) is 9.04.